The molecule has 0 saturated carbocycles. The van der Waals surface area contributed by atoms with E-state index >= 15 is 0 Å². The van der Waals surface area contributed by atoms with Crippen molar-refractivity contribution in [3.05, 3.63) is 53.9 Å². The van der Waals surface area contributed by atoms with Crippen molar-refractivity contribution in [3.8, 4) is 5.75 Å². The molecule has 0 amide bonds. The highest BCUT2D eigenvalue weighted by Crippen LogP contribution is 2.30. The molecule has 146 valence electrons. The summed E-state index contributed by atoms with van der Waals surface area (Å²) in [4.78, 5) is 11.2. The largest absolute Gasteiger partial charge is 0.495 e. The van der Waals surface area contributed by atoms with Crippen LogP contribution in [-0.4, -0.2) is 44.2 Å². The van der Waals surface area contributed by atoms with Crippen LogP contribution in [0, 0.1) is 6.92 Å². The lowest BCUT2D eigenvalue weighted by Crippen LogP contribution is -2.44. The summed E-state index contributed by atoms with van der Waals surface area (Å²) in [7, 11) is 3.52. The SMILES string of the molecule is CN=C(NCc1cccc(C)n1)NC1CCN(c2ccccc2OC)C1.I. The quantitative estimate of drug-likeness (QED) is 0.391. The summed E-state index contributed by atoms with van der Waals surface area (Å²) < 4.78 is 5.49. The number of guanidine groups is 1. The fraction of sp³-hybridized carbons (Fsp3) is 0.400. The van der Waals surface area contributed by atoms with Crippen molar-refractivity contribution >= 4 is 35.6 Å². The second-order valence-electron chi connectivity index (χ2n) is 6.44. The number of aryl methyl sites for hydroxylation is 1. The van der Waals surface area contributed by atoms with Crippen LogP contribution in [-0.2, 0) is 6.54 Å². The van der Waals surface area contributed by atoms with Crippen LogP contribution in [0.25, 0.3) is 0 Å². The topological polar surface area (TPSA) is 61.8 Å². The molecule has 1 fully saturated rings. The number of methoxy groups -OCH3 is 1. The van der Waals surface area contributed by atoms with E-state index in [1.54, 1.807) is 14.2 Å². The van der Waals surface area contributed by atoms with Crippen molar-refractivity contribution in [2.75, 3.05) is 32.1 Å². The van der Waals surface area contributed by atoms with Gasteiger partial charge in [-0.3, -0.25) is 9.98 Å². The maximum absolute atomic E-state index is 5.49. The number of benzene rings is 1. The van der Waals surface area contributed by atoms with Crippen LogP contribution < -0.4 is 20.3 Å². The Bertz CT molecular complexity index is 768. The van der Waals surface area contributed by atoms with Gasteiger partial charge in [0.15, 0.2) is 5.96 Å². The van der Waals surface area contributed by atoms with E-state index in [1.165, 1.54) is 0 Å². The van der Waals surface area contributed by atoms with Crippen LogP contribution in [0.1, 0.15) is 17.8 Å². The number of para-hydroxylation sites is 2. The van der Waals surface area contributed by atoms with E-state index in [4.69, 9.17) is 4.74 Å². The number of pyridine rings is 1. The lowest BCUT2D eigenvalue weighted by Gasteiger charge is -2.22. The van der Waals surface area contributed by atoms with Crippen molar-refractivity contribution < 1.29 is 4.74 Å². The number of anilines is 1. The Kier molecular flexibility index (Phi) is 8.15. The number of aromatic nitrogens is 1. The second-order valence-corrected chi connectivity index (χ2v) is 6.44. The van der Waals surface area contributed by atoms with Gasteiger partial charge in [-0.2, -0.15) is 0 Å². The molecule has 2 heterocycles. The molecule has 0 bridgehead atoms. The van der Waals surface area contributed by atoms with Crippen LogP contribution in [0.15, 0.2) is 47.5 Å². The van der Waals surface area contributed by atoms with Gasteiger partial charge in [0.05, 0.1) is 25.0 Å². The molecule has 2 N–H and O–H groups in total. The van der Waals surface area contributed by atoms with Gasteiger partial charge in [-0.1, -0.05) is 18.2 Å². The summed E-state index contributed by atoms with van der Waals surface area (Å²) in [6.07, 6.45) is 1.06. The average molecular weight is 481 g/mol. The van der Waals surface area contributed by atoms with Gasteiger partial charge < -0.3 is 20.3 Å². The highest BCUT2D eigenvalue weighted by atomic mass is 127. The zero-order chi connectivity index (χ0) is 18.4. The van der Waals surface area contributed by atoms with E-state index < -0.39 is 0 Å². The monoisotopic (exact) mass is 481 g/mol. The van der Waals surface area contributed by atoms with Gasteiger partial charge in [-0.25, -0.2) is 0 Å². The standard InChI is InChI=1S/C20H27N5O.HI/c1-15-7-6-8-16(23-15)13-22-20(21-2)24-17-11-12-25(14-17)18-9-4-5-10-19(18)26-3;/h4-10,17H,11-14H2,1-3H3,(H2,21,22,24);1H. The van der Waals surface area contributed by atoms with Gasteiger partial charge in [0.2, 0.25) is 0 Å². The van der Waals surface area contributed by atoms with Gasteiger partial charge in [0.25, 0.3) is 0 Å². The van der Waals surface area contributed by atoms with Crippen LogP contribution in [0.4, 0.5) is 5.69 Å². The minimum absolute atomic E-state index is 0. The molecule has 0 aliphatic carbocycles. The third-order valence-electron chi connectivity index (χ3n) is 4.56. The van der Waals surface area contributed by atoms with Crippen molar-refractivity contribution in [2.24, 2.45) is 4.99 Å². The van der Waals surface area contributed by atoms with Gasteiger partial charge in [0.1, 0.15) is 5.75 Å². The molecular weight excluding hydrogens is 453 g/mol. The lowest BCUT2D eigenvalue weighted by atomic mass is 10.2. The zero-order valence-corrected chi connectivity index (χ0v) is 18.4. The highest BCUT2D eigenvalue weighted by molar-refractivity contribution is 14.0. The third kappa shape index (κ3) is 5.72. The van der Waals surface area contributed by atoms with E-state index in [2.05, 4.69) is 31.6 Å². The van der Waals surface area contributed by atoms with Crippen molar-refractivity contribution in [1.29, 1.82) is 0 Å². The van der Waals surface area contributed by atoms with E-state index in [0.717, 1.165) is 48.3 Å². The van der Waals surface area contributed by atoms with E-state index in [1.807, 2.05) is 43.3 Å². The molecule has 27 heavy (non-hydrogen) atoms. The maximum Gasteiger partial charge on any atom is 0.191 e. The molecule has 3 rings (SSSR count). The molecule has 2 aromatic rings. The minimum atomic E-state index is 0. The summed E-state index contributed by atoms with van der Waals surface area (Å²) >= 11 is 0. The molecule has 6 nitrogen and oxygen atoms in total. The van der Waals surface area contributed by atoms with Crippen molar-refractivity contribution in [3.63, 3.8) is 0 Å². The summed E-state index contributed by atoms with van der Waals surface area (Å²) in [6.45, 7) is 4.57. The summed E-state index contributed by atoms with van der Waals surface area (Å²) in [5, 5.41) is 6.87. The first-order valence-corrected chi connectivity index (χ1v) is 8.97. The number of nitrogens with zero attached hydrogens (tertiary/aromatic N) is 3. The van der Waals surface area contributed by atoms with E-state index in [0.29, 0.717) is 12.6 Å². The lowest BCUT2D eigenvalue weighted by molar-refractivity contribution is 0.415. The highest BCUT2D eigenvalue weighted by Gasteiger charge is 2.25. The first kappa shape index (κ1) is 21.3. The molecule has 1 saturated heterocycles. The fourth-order valence-corrected chi connectivity index (χ4v) is 3.25. The Morgan fingerprint density at radius 2 is 2.07 bits per heavy atom. The van der Waals surface area contributed by atoms with Crippen LogP contribution >= 0.6 is 24.0 Å². The number of halogens is 1. The molecule has 0 radical (unpaired) electrons. The molecule has 1 aromatic carbocycles. The van der Waals surface area contributed by atoms with E-state index in [9.17, 15) is 0 Å². The van der Waals surface area contributed by atoms with Crippen LogP contribution in [0.2, 0.25) is 0 Å². The number of rotatable bonds is 5. The van der Waals surface area contributed by atoms with Crippen molar-refractivity contribution in [1.82, 2.24) is 15.6 Å². The smallest absolute Gasteiger partial charge is 0.191 e. The number of nitrogens with one attached hydrogen (secondary N) is 2. The zero-order valence-electron chi connectivity index (χ0n) is 16.1. The third-order valence-corrected chi connectivity index (χ3v) is 4.56. The Morgan fingerprint density at radius 3 is 2.81 bits per heavy atom. The van der Waals surface area contributed by atoms with Gasteiger partial charge in [-0.15, -0.1) is 24.0 Å². The van der Waals surface area contributed by atoms with Crippen LogP contribution in [0.5, 0.6) is 5.75 Å². The van der Waals surface area contributed by atoms with Gasteiger partial charge in [-0.05, 0) is 37.6 Å². The Morgan fingerprint density at radius 1 is 1.26 bits per heavy atom. The average Bonchev–Trinajstić information content (AvgIpc) is 3.13. The molecule has 1 aliphatic rings. The molecule has 1 unspecified atom stereocenters. The first-order valence-electron chi connectivity index (χ1n) is 8.97. The molecule has 1 aromatic heterocycles. The Balaban J connectivity index is 0.00000261. The predicted octanol–water partition coefficient (Wildman–Crippen LogP) is 2.96. The fourth-order valence-electron chi connectivity index (χ4n) is 3.25. The molecule has 0 spiro atoms. The molecule has 1 aliphatic heterocycles. The molecule has 1 atom stereocenters. The number of hydrogen-bond donors (Lipinski definition) is 2. The normalized spacial score (nSPS) is 16.6. The number of ether oxygens (including phenoxy) is 1. The maximum atomic E-state index is 5.49. The number of aliphatic imine (C=N–C) groups is 1. The Hall–Kier alpha value is -2.03. The number of hydrogen-bond acceptors (Lipinski definition) is 4. The van der Waals surface area contributed by atoms with Gasteiger partial charge in [0, 0.05) is 31.9 Å². The van der Waals surface area contributed by atoms with Gasteiger partial charge >= 0.3 is 0 Å². The van der Waals surface area contributed by atoms with E-state index in [-0.39, 0.29) is 24.0 Å². The summed E-state index contributed by atoms with van der Waals surface area (Å²) in [6, 6.07) is 14.6. The summed E-state index contributed by atoms with van der Waals surface area (Å²) in [5.41, 5.74) is 3.18. The minimum Gasteiger partial charge on any atom is -0.495 e. The molecular formula is C20H28IN5O. The molecule has 7 heteroatoms. The first-order chi connectivity index (χ1) is 12.7. The predicted molar refractivity (Wildman–Crippen MR) is 121 cm³/mol. The van der Waals surface area contributed by atoms with Crippen molar-refractivity contribution in [2.45, 2.75) is 25.9 Å². The summed E-state index contributed by atoms with van der Waals surface area (Å²) in [5.74, 6) is 1.72. The Labute approximate surface area is 178 Å². The second kappa shape index (κ2) is 10.3. The van der Waals surface area contributed by atoms with Crippen LogP contribution in [0.3, 0.4) is 0 Å².